The third-order valence-electron chi connectivity index (χ3n) is 6.42. The summed E-state index contributed by atoms with van der Waals surface area (Å²) in [4.78, 5) is 15.3. The number of ether oxygens (including phenoxy) is 1. The highest BCUT2D eigenvalue weighted by Crippen LogP contribution is 2.25. The Balaban J connectivity index is 1.43. The van der Waals surface area contributed by atoms with Gasteiger partial charge in [-0.15, -0.1) is 0 Å². The average Bonchev–Trinajstić information content (AvgIpc) is 2.86. The highest BCUT2D eigenvalue weighted by Gasteiger charge is 2.27. The number of fused-ring (bicyclic) bond motifs is 1. The van der Waals surface area contributed by atoms with E-state index < -0.39 is 10.0 Å². The second-order valence-corrected chi connectivity index (χ2v) is 10.6. The summed E-state index contributed by atoms with van der Waals surface area (Å²) < 4.78 is 32.3. The van der Waals surface area contributed by atoms with E-state index in [-0.39, 0.29) is 16.8 Å². The first-order valence-electron chi connectivity index (χ1n) is 11.7. The maximum Gasteiger partial charge on any atom is 0.246 e. The summed E-state index contributed by atoms with van der Waals surface area (Å²) in [5, 5.41) is 0. The molecule has 0 aromatic heterocycles. The van der Waals surface area contributed by atoms with E-state index in [2.05, 4.69) is 31.2 Å². The second-order valence-electron chi connectivity index (χ2n) is 8.62. The zero-order chi connectivity index (χ0) is 23.3. The fraction of sp³-hybridized carbons (Fsp3) is 0.423. The molecule has 2 aromatic carbocycles. The Hall–Kier alpha value is -2.48. The van der Waals surface area contributed by atoms with Gasteiger partial charge in [0.15, 0.2) is 0 Å². The third kappa shape index (κ3) is 5.54. The summed E-state index contributed by atoms with van der Waals surface area (Å²) in [5.41, 5.74) is 3.53. The summed E-state index contributed by atoms with van der Waals surface area (Å²) >= 11 is 0. The van der Waals surface area contributed by atoms with Crippen molar-refractivity contribution in [3.05, 3.63) is 71.3 Å². The molecule has 0 radical (unpaired) electrons. The molecule has 2 aliphatic rings. The van der Waals surface area contributed by atoms with Gasteiger partial charge in [0.1, 0.15) is 0 Å². The summed E-state index contributed by atoms with van der Waals surface area (Å²) in [6.07, 6.45) is 7.16. The van der Waals surface area contributed by atoms with Crippen LogP contribution in [0.4, 0.5) is 0 Å². The molecule has 0 bridgehead atoms. The van der Waals surface area contributed by atoms with Gasteiger partial charge >= 0.3 is 0 Å². The van der Waals surface area contributed by atoms with Crippen LogP contribution in [0.15, 0.2) is 59.5 Å². The number of rotatable bonds is 7. The quantitative estimate of drug-likeness (QED) is 0.583. The van der Waals surface area contributed by atoms with E-state index in [0.29, 0.717) is 26.3 Å². The number of morpholine rings is 1. The number of carbonyl (C=O) groups excluding carboxylic acids is 1. The van der Waals surface area contributed by atoms with Gasteiger partial charge in [0, 0.05) is 31.8 Å². The normalized spacial score (nSPS) is 19.4. The van der Waals surface area contributed by atoms with Crippen LogP contribution >= 0.6 is 0 Å². The van der Waals surface area contributed by atoms with E-state index in [0.717, 1.165) is 37.8 Å². The molecule has 33 heavy (non-hydrogen) atoms. The lowest BCUT2D eigenvalue weighted by Gasteiger charge is -2.34. The average molecular weight is 469 g/mol. The molecular formula is C26H32N2O4S. The van der Waals surface area contributed by atoms with Crippen molar-refractivity contribution in [3.63, 3.8) is 0 Å². The molecule has 1 saturated heterocycles. The smallest absolute Gasteiger partial charge is 0.246 e. The number of hydrogen-bond donors (Lipinski definition) is 0. The van der Waals surface area contributed by atoms with E-state index >= 15 is 0 Å². The molecule has 6 nitrogen and oxygen atoms in total. The molecule has 1 fully saturated rings. The topological polar surface area (TPSA) is 66.9 Å². The Morgan fingerprint density at radius 3 is 2.48 bits per heavy atom. The van der Waals surface area contributed by atoms with Gasteiger partial charge in [-0.2, -0.15) is 4.31 Å². The molecular weight excluding hydrogens is 436 g/mol. The van der Waals surface area contributed by atoms with Gasteiger partial charge in [-0.05, 0) is 60.6 Å². The highest BCUT2D eigenvalue weighted by molar-refractivity contribution is 7.89. The highest BCUT2D eigenvalue weighted by atomic mass is 32.2. The lowest BCUT2D eigenvalue weighted by Crippen LogP contribution is -2.43. The van der Waals surface area contributed by atoms with Crippen LogP contribution in [0.2, 0.25) is 0 Å². The first-order valence-corrected chi connectivity index (χ1v) is 13.2. The molecule has 1 amide bonds. The fourth-order valence-electron chi connectivity index (χ4n) is 4.61. The Morgan fingerprint density at radius 1 is 1.09 bits per heavy atom. The van der Waals surface area contributed by atoms with Crippen LogP contribution < -0.4 is 0 Å². The minimum Gasteiger partial charge on any atom is -0.379 e. The van der Waals surface area contributed by atoms with Crippen molar-refractivity contribution in [2.24, 2.45) is 0 Å². The van der Waals surface area contributed by atoms with Crippen LogP contribution in [-0.2, 0) is 32.4 Å². The first kappa shape index (κ1) is 23.7. The molecule has 1 atom stereocenters. The number of nitrogens with zero attached hydrogens (tertiary/aromatic N) is 2. The summed E-state index contributed by atoms with van der Waals surface area (Å²) in [7, 11) is -3.52. The predicted molar refractivity (Wildman–Crippen MR) is 129 cm³/mol. The first-order chi connectivity index (χ1) is 16.0. The molecule has 0 saturated carbocycles. The molecule has 1 heterocycles. The van der Waals surface area contributed by atoms with Crippen LogP contribution in [0.1, 0.15) is 36.5 Å². The summed E-state index contributed by atoms with van der Waals surface area (Å²) in [6.45, 7) is 4.40. The molecule has 4 rings (SSSR count). The molecule has 2 aromatic rings. The standard InChI is InChI=1S/C26H32N2O4S/c1-2-15-28(24-11-10-22-5-3-4-6-23(22)20-24)26(29)14-9-21-7-12-25(13-8-21)33(30,31)27-16-18-32-19-17-27/h3-9,12-14,24H,2,10-11,15-20H2,1H3/b14-9+. The van der Waals surface area contributed by atoms with E-state index in [4.69, 9.17) is 4.74 Å². The van der Waals surface area contributed by atoms with Crippen LogP contribution in [0, 0.1) is 0 Å². The molecule has 1 aliphatic heterocycles. The van der Waals surface area contributed by atoms with Crippen LogP contribution in [-0.4, -0.2) is 62.4 Å². The minimum atomic E-state index is -3.52. The number of sulfonamides is 1. The maximum atomic E-state index is 13.1. The van der Waals surface area contributed by atoms with Crippen LogP contribution in [0.5, 0.6) is 0 Å². The van der Waals surface area contributed by atoms with Crippen molar-refractivity contribution in [1.82, 2.24) is 9.21 Å². The number of aryl methyl sites for hydroxylation is 1. The molecule has 0 spiro atoms. The predicted octanol–water partition coefficient (Wildman–Crippen LogP) is 3.52. The second kappa shape index (κ2) is 10.6. The molecule has 176 valence electrons. The number of amides is 1. The zero-order valence-corrected chi connectivity index (χ0v) is 20.0. The SMILES string of the molecule is CCCN(C(=O)/C=C/c1ccc(S(=O)(=O)N2CCOCC2)cc1)C1CCc2ccccc2C1. The largest absolute Gasteiger partial charge is 0.379 e. The van der Waals surface area contributed by atoms with Crippen molar-refractivity contribution in [3.8, 4) is 0 Å². The van der Waals surface area contributed by atoms with Gasteiger partial charge in [-0.1, -0.05) is 43.3 Å². The van der Waals surface area contributed by atoms with Crippen LogP contribution in [0.3, 0.4) is 0 Å². The Labute approximate surface area is 196 Å². The van der Waals surface area contributed by atoms with E-state index in [1.807, 2.05) is 4.90 Å². The fourth-order valence-corrected chi connectivity index (χ4v) is 6.02. The van der Waals surface area contributed by atoms with Crippen molar-refractivity contribution in [1.29, 1.82) is 0 Å². The molecule has 1 aliphatic carbocycles. The maximum absolute atomic E-state index is 13.1. The lowest BCUT2D eigenvalue weighted by atomic mass is 9.87. The van der Waals surface area contributed by atoms with E-state index in [9.17, 15) is 13.2 Å². The number of carbonyl (C=O) groups is 1. The van der Waals surface area contributed by atoms with Gasteiger partial charge < -0.3 is 9.64 Å². The van der Waals surface area contributed by atoms with Crippen molar-refractivity contribution >= 4 is 22.0 Å². The lowest BCUT2D eigenvalue weighted by molar-refractivity contribution is -0.128. The van der Waals surface area contributed by atoms with E-state index in [1.165, 1.54) is 15.4 Å². The summed E-state index contributed by atoms with van der Waals surface area (Å²) in [5.74, 6) is 0.00578. The Bertz CT molecular complexity index is 1090. The molecule has 1 unspecified atom stereocenters. The summed E-state index contributed by atoms with van der Waals surface area (Å²) in [6, 6.07) is 15.4. The monoisotopic (exact) mass is 468 g/mol. The van der Waals surface area contributed by atoms with Crippen molar-refractivity contribution < 1.29 is 17.9 Å². The zero-order valence-electron chi connectivity index (χ0n) is 19.2. The Morgan fingerprint density at radius 2 is 1.79 bits per heavy atom. The number of hydrogen-bond acceptors (Lipinski definition) is 4. The molecule has 7 heteroatoms. The molecule has 0 N–H and O–H groups in total. The van der Waals surface area contributed by atoms with Gasteiger partial charge in [-0.3, -0.25) is 4.79 Å². The van der Waals surface area contributed by atoms with Crippen molar-refractivity contribution in [2.75, 3.05) is 32.8 Å². The van der Waals surface area contributed by atoms with Gasteiger partial charge in [0.2, 0.25) is 15.9 Å². The van der Waals surface area contributed by atoms with Gasteiger partial charge in [-0.25, -0.2) is 8.42 Å². The van der Waals surface area contributed by atoms with E-state index in [1.54, 1.807) is 36.4 Å². The third-order valence-corrected chi connectivity index (χ3v) is 8.33. The van der Waals surface area contributed by atoms with Crippen LogP contribution in [0.25, 0.3) is 6.08 Å². The van der Waals surface area contributed by atoms with Gasteiger partial charge in [0.25, 0.3) is 0 Å². The number of benzene rings is 2. The Kier molecular flexibility index (Phi) is 7.63. The van der Waals surface area contributed by atoms with Gasteiger partial charge in [0.05, 0.1) is 18.1 Å². The minimum absolute atomic E-state index is 0.00578. The van der Waals surface area contributed by atoms with Crippen molar-refractivity contribution in [2.45, 2.75) is 43.5 Å².